The highest BCUT2D eigenvalue weighted by Crippen LogP contribution is 2.39. The van der Waals surface area contributed by atoms with Gasteiger partial charge in [0, 0.05) is 16.1 Å². The van der Waals surface area contributed by atoms with E-state index in [0.717, 1.165) is 5.56 Å². The van der Waals surface area contributed by atoms with Crippen LogP contribution in [0.2, 0.25) is 5.02 Å². The minimum atomic E-state index is -0.170. The standard InChI is InChI=1S/C28H25ClO4/c1-17-24(32-16-23(30)19-7-11-21(29)12-8-19)14-13-22-26(31)25(33-27(17)22)15-18-5-9-20(10-6-18)28(2,3)4/h5-15H,16H2,1-4H3/b25-15-. The van der Waals surface area contributed by atoms with E-state index in [1.165, 1.54) is 5.56 Å². The van der Waals surface area contributed by atoms with Gasteiger partial charge in [-0.2, -0.15) is 0 Å². The summed E-state index contributed by atoms with van der Waals surface area (Å²) in [4.78, 5) is 25.3. The zero-order chi connectivity index (χ0) is 23.8. The van der Waals surface area contributed by atoms with Gasteiger partial charge in [-0.25, -0.2) is 0 Å². The lowest BCUT2D eigenvalue weighted by Crippen LogP contribution is -2.12. The maximum Gasteiger partial charge on any atom is 0.231 e. The zero-order valence-electron chi connectivity index (χ0n) is 19.1. The second kappa shape index (κ2) is 8.87. The molecule has 1 aliphatic rings. The quantitative estimate of drug-likeness (QED) is 0.309. The van der Waals surface area contributed by atoms with E-state index in [2.05, 4.69) is 32.9 Å². The van der Waals surface area contributed by atoms with Gasteiger partial charge in [-0.15, -0.1) is 0 Å². The lowest BCUT2D eigenvalue weighted by Gasteiger charge is -2.18. The molecule has 168 valence electrons. The van der Waals surface area contributed by atoms with Crippen molar-refractivity contribution in [2.24, 2.45) is 0 Å². The molecule has 0 radical (unpaired) electrons. The van der Waals surface area contributed by atoms with Crippen molar-refractivity contribution in [2.75, 3.05) is 6.61 Å². The van der Waals surface area contributed by atoms with Gasteiger partial charge < -0.3 is 9.47 Å². The number of carbonyl (C=O) groups is 2. The first-order chi connectivity index (χ1) is 15.6. The summed E-state index contributed by atoms with van der Waals surface area (Å²) in [7, 11) is 0. The number of ether oxygens (including phenoxy) is 2. The normalized spacial score (nSPS) is 14.2. The molecule has 0 N–H and O–H groups in total. The fourth-order valence-electron chi connectivity index (χ4n) is 3.62. The maximum atomic E-state index is 12.9. The lowest BCUT2D eigenvalue weighted by atomic mass is 9.86. The van der Waals surface area contributed by atoms with E-state index < -0.39 is 0 Å². The molecule has 0 atom stereocenters. The van der Waals surface area contributed by atoms with E-state index in [-0.39, 0.29) is 29.3 Å². The van der Waals surface area contributed by atoms with Crippen LogP contribution in [0, 0.1) is 6.92 Å². The number of halogens is 1. The minimum absolute atomic E-state index is 0.0596. The summed E-state index contributed by atoms with van der Waals surface area (Å²) in [6, 6.07) is 18.1. The van der Waals surface area contributed by atoms with Crippen LogP contribution in [0.15, 0.2) is 66.4 Å². The molecule has 0 saturated carbocycles. The second-order valence-corrected chi connectivity index (χ2v) is 9.53. The molecule has 0 bridgehead atoms. The third kappa shape index (κ3) is 4.86. The topological polar surface area (TPSA) is 52.6 Å². The fraction of sp³-hybridized carbons (Fsp3) is 0.214. The molecule has 33 heavy (non-hydrogen) atoms. The summed E-state index contributed by atoms with van der Waals surface area (Å²) < 4.78 is 11.7. The Morgan fingerprint density at radius 3 is 2.30 bits per heavy atom. The van der Waals surface area contributed by atoms with E-state index in [1.54, 1.807) is 42.5 Å². The molecule has 0 aromatic heterocycles. The molecule has 0 fully saturated rings. The minimum Gasteiger partial charge on any atom is -0.485 e. The highest BCUT2D eigenvalue weighted by molar-refractivity contribution is 6.30. The Morgan fingerprint density at radius 1 is 1.00 bits per heavy atom. The van der Waals surface area contributed by atoms with Crippen molar-refractivity contribution >= 4 is 29.2 Å². The van der Waals surface area contributed by atoms with Crippen molar-refractivity contribution in [1.29, 1.82) is 0 Å². The molecule has 0 saturated heterocycles. The van der Waals surface area contributed by atoms with Crippen LogP contribution >= 0.6 is 11.6 Å². The second-order valence-electron chi connectivity index (χ2n) is 9.10. The number of hydrogen-bond acceptors (Lipinski definition) is 4. The Morgan fingerprint density at radius 2 is 1.67 bits per heavy atom. The number of rotatable bonds is 5. The van der Waals surface area contributed by atoms with E-state index in [0.29, 0.717) is 33.2 Å². The fourth-order valence-corrected chi connectivity index (χ4v) is 3.74. The maximum absolute atomic E-state index is 12.9. The lowest BCUT2D eigenvalue weighted by molar-refractivity contribution is 0.0920. The van der Waals surface area contributed by atoms with Gasteiger partial charge in [0.25, 0.3) is 0 Å². The van der Waals surface area contributed by atoms with Crippen molar-refractivity contribution in [3.8, 4) is 11.5 Å². The van der Waals surface area contributed by atoms with Crippen LogP contribution in [0.5, 0.6) is 11.5 Å². The van der Waals surface area contributed by atoms with Crippen molar-refractivity contribution < 1.29 is 19.1 Å². The van der Waals surface area contributed by atoms with Crippen LogP contribution in [-0.2, 0) is 5.41 Å². The monoisotopic (exact) mass is 460 g/mol. The Bertz CT molecular complexity index is 1250. The molecule has 0 aliphatic carbocycles. The molecule has 4 rings (SSSR count). The van der Waals surface area contributed by atoms with Crippen LogP contribution in [0.3, 0.4) is 0 Å². The molecule has 1 aliphatic heterocycles. The summed E-state index contributed by atoms with van der Waals surface area (Å²) >= 11 is 5.88. The van der Waals surface area contributed by atoms with Crippen molar-refractivity contribution in [3.63, 3.8) is 0 Å². The molecule has 0 unspecified atom stereocenters. The Kier molecular flexibility index (Phi) is 6.13. The number of Topliss-reactive ketones (excluding diaryl/α,β-unsaturated/α-hetero) is 2. The first-order valence-electron chi connectivity index (χ1n) is 10.7. The molecule has 3 aromatic carbocycles. The first kappa shape index (κ1) is 22.8. The van der Waals surface area contributed by atoms with E-state index in [1.807, 2.05) is 19.1 Å². The molecule has 5 heteroatoms. The Balaban J connectivity index is 1.50. The number of benzene rings is 3. The van der Waals surface area contributed by atoms with Gasteiger partial charge in [-0.3, -0.25) is 9.59 Å². The molecule has 3 aromatic rings. The number of ketones is 2. The van der Waals surface area contributed by atoms with Crippen molar-refractivity contribution in [3.05, 3.63) is 99.3 Å². The highest BCUT2D eigenvalue weighted by Gasteiger charge is 2.30. The summed E-state index contributed by atoms with van der Waals surface area (Å²) in [6.07, 6.45) is 1.75. The van der Waals surface area contributed by atoms with Gasteiger partial charge in [0.05, 0.1) is 5.56 Å². The van der Waals surface area contributed by atoms with Crippen LogP contribution in [0.1, 0.15) is 58.2 Å². The van der Waals surface area contributed by atoms with E-state index >= 15 is 0 Å². The van der Waals surface area contributed by atoms with Gasteiger partial charge in [0.1, 0.15) is 11.5 Å². The third-order valence-corrected chi connectivity index (χ3v) is 5.89. The van der Waals surface area contributed by atoms with Gasteiger partial charge in [-0.05, 0) is 65.9 Å². The third-order valence-electron chi connectivity index (χ3n) is 5.64. The van der Waals surface area contributed by atoms with Crippen LogP contribution in [0.25, 0.3) is 6.08 Å². The molecular weight excluding hydrogens is 436 g/mol. The molecule has 4 nitrogen and oxygen atoms in total. The summed E-state index contributed by atoms with van der Waals surface area (Å²) in [5, 5.41) is 0.567. The van der Waals surface area contributed by atoms with Crippen molar-refractivity contribution in [1.82, 2.24) is 0 Å². The van der Waals surface area contributed by atoms with Gasteiger partial charge in [0.15, 0.2) is 18.1 Å². The summed E-state index contributed by atoms with van der Waals surface area (Å²) in [5.74, 6) is 0.902. The van der Waals surface area contributed by atoms with Gasteiger partial charge in [0.2, 0.25) is 5.78 Å². The van der Waals surface area contributed by atoms with Gasteiger partial charge >= 0.3 is 0 Å². The molecule has 0 amide bonds. The summed E-state index contributed by atoms with van der Waals surface area (Å²) in [5.41, 5.74) is 3.86. The van der Waals surface area contributed by atoms with Crippen LogP contribution in [0.4, 0.5) is 0 Å². The molecular formula is C28H25ClO4. The first-order valence-corrected chi connectivity index (χ1v) is 11.1. The number of hydrogen-bond donors (Lipinski definition) is 0. The zero-order valence-corrected chi connectivity index (χ0v) is 19.8. The average Bonchev–Trinajstić information content (AvgIpc) is 3.09. The Labute approximate surface area is 198 Å². The smallest absolute Gasteiger partial charge is 0.231 e. The number of carbonyl (C=O) groups excluding carboxylic acids is 2. The number of allylic oxidation sites excluding steroid dienone is 1. The predicted molar refractivity (Wildman–Crippen MR) is 131 cm³/mol. The van der Waals surface area contributed by atoms with E-state index in [4.69, 9.17) is 21.1 Å². The Hall–Kier alpha value is -3.37. The van der Waals surface area contributed by atoms with Crippen LogP contribution < -0.4 is 9.47 Å². The molecule has 0 spiro atoms. The highest BCUT2D eigenvalue weighted by atomic mass is 35.5. The SMILES string of the molecule is Cc1c(OCC(=O)c2ccc(Cl)cc2)ccc2c1O/C(=C\c1ccc(C(C)(C)C)cc1)C2=O. The predicted octanol–water partition coefficient (Wildman–Crippen LogP) is 6.82. The summed E-state index contributed by atoms with van der Waals surface area (Å²) in [6.45, 7) is 8.16. The van der Waals surface area contributed by atoms with Gasteiger partial charge in [-0.1, -0.05) is 56.6 Å². The average molecular weight is 461 g/mol. The van der Waals surface area contributed by atoms with Crippen LogP contribution in [-0.4, -0.2) is 18.2 Å². The largest absolute Gasteiger partial charge is 0.485 e. The molecule has 1 heterocycles. The van der Waals surface area contributed by atoms with Crippen molar-refractivity contribution in [2.45, 2.75) is 33.1 Å². The van der Waals surface area contributed by atoms with E-state index in [9.17, 15) is 9.59 Å². The number of fused-ring (bicyclic) bond motifs is 1.